The monoisotopic (exact) mass is 515 g/mol. The molecule has 0 heterocycles. The molecule has 3 rings (SSSR count). The zero-order valence-electron chi connectivity index (χ0n) is 19.8. The number of nitrogens with zero attached hydrogens (tertiary/aromatic N) is 1. The smallest absolute Gasteiger partial charge is 0.242 e. The van der Waals surface area contributed by atoms with Gasteiger partial charge in [-0.25, -0.2) is 21.1 Å². The number of hydrogen-bond donors (Lipinski definition) is 2. The van der Waals surface area contributed by atoms with Gasteiger partial charge in [0.25, 0.3) is 0 Å². The second-order valence-electron chi connectivity index (χ2n) is 8.33. The summed E-state index contributed by atoms with van der Waals surface area (Å²) in [5, 5.41) is 2.76. The van der Waals surface area contributed by atoms with Gasteiger partial charge in [0.2, 0.25) is 26.0 Å². The van der Waals surface area contributed by atoms with Crippen LogP contribution in [0.5, 0.6) is 0 Å². The van der Waals surface area contributed by atoms with Crippen molar-refractivity contribution >= 4 is 26.0 Å². The average molecular weight is 516 g/mol. The molecule has 1 amide bonds. The van der Waals surface area contributed by atoms with Gasteiger partial charge in [-0.15, -0.1) is 0 Å². The van der Waals surface area contributed by atoms with E-state index in [9.17, 15) is 21.6 Å². The van der Waals surface area contributed by atoms with Crippen LogP contribution in [-0.4, -0.2) is 47.2 Å². The Morgan fingerprint density at radius 3 is 1.94 bits per heavy atom. The van der Waals surface area contributed by atoms with Crippen LogP contribution in [0.2, 0.25) is 0 Å². The van der Waals surface area contributed by atoms with Crippen LogP contribution in [0, 0.1) is 6.92 Å². The standard InChI is InChI=1S/C25H29N3O5S2/c1-19-9-13-22(14-10-19)34(30,31)27-24(17-20-7-5-4-6-8-20)25(29)26-18-21-11-15-23(16-12-21)35(32,33)28(2)3/h4-16,24,27H,17-18H2,1-3H3,(H,26,29)/t24-/m0/s1. The Hall–Kier alpha value is -3.05. The molecular formula is C25H29N3O5S2. The van der Waals surface area contributed by atoms with Crippen molar-refractivity contribution in [1.29, 1.82) is 0 Å². The maximum absolute atomic E-state index is 13.1. The number of sulfonamides is 2. The number of carbonyl (C=O) groups is 1. The Balaban J connectivity index is 1.76. The van der Waals surface area contributed by atoms with E-state index in [2.05, 4.69) is 10.0 Å². The normalized spacial score (nSPS) is 12.9. The van der Waals surface area contributed by atoms with Crippen LogP contribution in [0.3, 0.4) is 0 Å². The summed E-state index contributed by atoms with van der Waals surface area (Å²) >= 11 is 0. The van der Waals surface area contributed by atoms with Crippen molar-refractivity contribution in [2.24, 2.45) is 0 Å². The summed E-state index contributed by atoms with van der Waals surface area (Å²) in [6.45, 7) is 1.97. The van der Waals surface area contributed by atoms with Crippen LogP contribution >= 0.6 is 0 Å². The van der Waals surface area contributed by atoms with Crippen molar-refractivity contribution in [3.8, 4) is 0 Å². The predicted molar refractivity (Wildman–Crippen MR) is 135 cm³/mol. The lowest BCUT2D eigenvalue weighted by molar-refractivity contribution is -0.122. The molecular weight excluding hydrogens is 486 g/mol. The first-order valence-corrected chi connectivity index (χ1v) is 13.8. The van der Waals surface area contributed by atoms with Crippen molar-refractivity contribution < 1.29 is 21.6 Å². The number of carbonyl (C=O) groups excluding carboxylic acids is 1. The van der Waals surface area contributed by atoms with Crippen LogP contribution < -0.4 is 10.0 Å². The molecule has 3 aromatic rings. The van der Waals surface area contributed by atoms with Gasteiger partial charge in [0.15, 0.2) is 0 Å². The Morgan fingerprint density at radius 1 is 0.800 bits per heavy atom. The van der Waals surface area contributed by atoms with Gasteiger partial charge in [-0.2, -0.15) is 4.72 Å². The Morgan fingerprint density at radius 2 is 1.37 bits per heavy atom. The third kappa shape index (κ3) is 6.98. The molecule has 0 aromatic heterocycles. The fourth-order valence-corrected chi connectivity index (χ4v) is 5.41. The molecule has 0 fully saturated rings. The average Bonchev–Trinajstić information content (AvgIpc) is 2.83. The van der Waals surface area contributed by atoms with Gasteiger partial charge in [0.1, 0.15) is 6.04 Å². The lowest BCUT2D eigenvalue weighted by Crippen LogP contribution is -2.47. The zero-order valence-corrected chi connectivity index (χ0v) is 21.4. The van der Waals surface area contributed by atoms with Crippen LogP contribution in [-0.2, 0) is 37.8 Å². The van der Waals surface area contributed by atoms with E-state index in [0.717, 1.165) is 15.4 Å². The van der Waals surface area contributed by atoms with Crippen LogP contribution in [0.25, 0.3) is 0 Å². The summed E-state index contributed by atoms with van der Waals surface area (Å²) in [4.78, 5) is 13.3. The van der Waals surface area contributed by atoms with Crippen LogP contribution in [0.15, 0.2) is 88.7 Å². The molecule has 0 bridgehead atoms. The van der Waals surface area contributed by atoms with Crippen LogP contribution in [0.1, 0.15) is 16.7 Å². The van der Waals surface area contributed by atoms with E-state index in [0.29, 0.717) is 5.56 Å². The van der Waals surface area contributed by atoms with E-state index in [1.54, 1.807) is 24.3 Å². The van der Waals surface area contributed by atoms with E-state index in [-0.39, 0.29) is 22.8 Å². The summed E-state index contributed by atoms with van der Waals surface area (Å²) in [5.41, 5.74) is 2.40. The lowest BCUT2D eigenvalue weighted by atomic mass is 10.1. The maximum atomic E-state index is 13.1. The molecule has 0 radical (unpaired) electrons. The number of nitrogens with one attached hydrogen (secondary N) is 2. The van der Waals surface area contributed by atoms with Crippen molar-refractivity contribution in [3.63, 3.8) is 0 Å². The van der Waals surface area contributed by atoms with Gasteiger partial charge in [-0.1, -0.05) is 60.2 Å². The first-order chi connectivity index (χ1) is 16.5. The molecule has 0 unspecified atom stereocenters. The molecule has 10 heteroatoms. The summed E-state index contributed by atoms with van der Waals surface area (Å²) < 4.78 is 54.0. The van der Waals surface area contributed by atoms with Crippen molar-refractivity contribution in [2.45, 2.75) is 35.7 Å². The van der Waals surface area contributed by atoms with Gasteiger partial charge < -0.3 is 5.32 Å². The number of benzene rings is 3. The van der Waals surface area contributed by atoms with E-state index in [4.69, 9.17) is 0 Å². The number of hydrogen-bond acceptors (Lipinski definition) is 5. The third-order valence-corrected chi connectivity index (χ3v) is 8.71. The topological polar surface area (TPSA) is 113 Å². The zero-order chi connectivity index (χ0) is 25.6. The van der Waals surface area contributed by atoms with E-state index in [1.807, 2.05) is 37.3 Å². The van der Waals surface area contributed by atoms with E-state index < -0.39 is 32.0 Å². The number of amides is 1. The third-order valence-electron chi connectivity index (χ3n) is 5.40. The highest BCUT2D eigenvalue weighted by Crippen LogP contribution is 2.15. The molecule has 0 saturated heterocycles. The van der Waals surface area contributed by atoms with E-state index >= 15 is 0 Å². The molecule has 35 heavy (non-hydrogen) atoms. The fraction of sp³-hybridized carbons (Fsp3) is 0.240. The maximum Gasteiger partial charge on any atom is 0.242 e. The van der Waals surface area contributed by atoms with Crippen molar-refractivity contribution in [3.05, 3.63) is 95.6 Å². The fourth-order valence-electron chi connectivity index (χ4n) is 3.31. The minimum atomic E-state index is -3.94. The molecule has 0 saturated carbocycles. The minimum Gasteiger partial charge on any atom is -0.351 e. The largest absolute Gasteiger partial charge is 0.351 e. The summed E-state index contributed by atoms with van der Waals surface area (Å²) in [6.07, 6.45) is 0.164. The number of aryl methyl sites for hydroxylation is 1. The highest BCUT2D eigenvalue weighted by Gasteiger charge is 2.26. The molecule has 0 aliphatic heterocycles. The predicted octanol–water partition coefficient (Wildman–Crippen LogP) is 2.45. The summed E-state index contributed by atoms with van der Waals surface area (Å²) in [6, 6.07) is 20.6. The second-order valence-corrected chi connectivity index (χ2v) is 12.2. The highest BCUT2D eigenvalue weighted by atomic mass is 32.2. The molecule has 0 spiro atoms. The highest BCUT2D eigenvalue weighted by molar-refractivity contribution is 7.89. The lowest BCUT2D eigenvalue weighted by Gasteiger charge is -2.19. The molecule has 3 aromatic carbocycles. The summed E-state index contributed by atoms with van der Waals surface area (Å²) in [7, 11) is -4.59. The first kappa shape index (κ1) is 26.6. The SMILES string of the molecule is Cc1ccc(S(=O)(=O)N[C@@H](Cc2ccccc2)C(=O)NCc2ccc(S(=O)(=O)N(C)C)cc2)cc1. The molecule has 8 nitrogen and oxygen atoms in total. The molecule has 1 atom stereocenters. The second kappa shape index (κ2) is 11.1. The first-order valence-electron chi connectivity index (χ1n) is 10.9. The van der Waals surface area contributed by atoms with Gasteiger partial charge in [-0.05, 0) is 48.7 Å². The van der Waals surface area contributed by atoms with E-state index in [1.165, 1.54) is 38.4 Å². The minimum absolute atomic E-state index is 0.0756. The van der Waals surface area contributed by atoms with Gasteiger partial charge in [0, 0.05) is 20.6 Å². The van der Waals surface area contributed by atoms with Crippen molar-refractivity contribution in [2.75, 3.05) is 14.1 Å². The van der Waals surface area contributed by atoms with Gasteiger partial charge in [-0.3, -0.25) is 4.79 Å². The molecule has 2 N–H and O–H groups in total. The Kier molecular flexibility index (Phi) is 8.44. The summed E-state index contributed by atoms with van der Waals surface area (Å²) in [5.74, 6) is -0.491. The Labute approximate surface area is 207 Å². The number of rotatable bonds is 10. The molecule has 0 aliphatic carbocycles. The van der Waals surface area contributed by atoms with Gasteiger partial charge in [0.05, 0.1) is 9.79 Å². The molecule has 186 valence electrons. The quantitative estimate of drug-likeness (QED) is 0.431. The van der Waals surface area contributed by atoms with Gasteiger partial charge >= 0.3 is 0 Å². The molecule has 0 aliphatic rings. The van der Waals surface area contributed by atoms with Crippen LogP contribution in [0.4, 0.5) is 0 Å². The van der Waals surface area contributed by atoms with Crippen molar-refractivity contribution in [1.82, 2.24) is 14.3 Å². The Bertz CT molecular complexity index is 1350.